The van der Waals surface area contributed by atoms with Crippen molar-refractivity contribution in [3.05, 3.63) is 29.8 Å². The minimum Gasteiger partial charge on any atom is -0.343 e. The zero-order valence-corrected chi connectivity index (χ0v) is 17.2. The molecule has 164 valence electrons. The molecule has 1 fully saturated rings. The predicted molar refractivity (Wildman–Crippen MR) is 103 cm³/mol. The first-order valence-corrected chi connectivity index (χ1v) is 10.9. The first-order valence-electron chi connectivity index (χ1n) is 9.42. The summed E-state index contributed by atoms with van der Waals surface area (Å²) in [6, 6.07) is 4.78. The number of hydrogen-bond donors (Lipinski definition) is 2. The standard InChI is InChI=1S/C18H27F3N4O3S/c1-24-10-12-25(13-11-24)9-3-2-8-23-29(27,28)16-6-4-15(5-7-16)17(26)22-14-18(19,20)21/h4-7,23H,2-3,8-14H2,1H3,(H,22,26). The summed E-state index contributed by atoms with van der Waals surface area (Å²) in [5.41, 5.74) is -0.0413. The van der Waals surface area contributed by atoms with E-state index < -0.39 is 28.7 Å². The van der Waals surface area contributed by atoms with Crippen molar-refractivity contribution in [3.63, 3.8) is 0 Å². The Hall–Kier alpha value is -1.69. The molecule has 11 heteroatoms. The Bertz CT molecular complexity index is 762. The van der Waals surface area contributed by atoms with Gasteiger partial charge in [-0.15, -0.1) is 0 Å². The largest absolute Gasteiger partial charge is 0.405 e. The molecule has 0 atom stereocenters. The molecule has 0 bridgehead atoms. The molecule has 2 N–H and O–H groups in total. The zero-order chi connectivity index (χ0) is 21.5. The molecule has 29 heavy (non-hydrogen) atoms. The number of carbonyl (C=O) groups is 1. The van der Waals surface area contributed by atoms with Crippen LogP contribution in [0.15, 0.2) is 29.2 Å². The van der Waals surface area contributed by atoms with E-state index in [0.29, 0.717) is 13.0 Å². The highest BCUT2D eigenvalue weighted by atomic mass is 32.2. The number of amides is 1. The van der Waals surface area contributed by atoms with Gasteiger partial charge in [-0.3, -0.25) is 4.79 Å². The van der Waals surface area contributed by atoms with Crippen molar-refractivity contribution in [2.24, 2.45) is 0 Å². The maximum absolute atomic E-state index is 12.3. The molecule has 0 radical (unpaired) electrons. The number of sulfonamides is 1. The van der Waals surface area contributed by atoms with E-state index in [1.165, 1.54) is 24.3 Å². The molecule has 7 nitrogen and oxygen atoms in total. The van der Waals surface area contributed by atoms with Crippen LogP contribution >= 0.6 is 0 Å². The maximum atomic E-state index is 12.3. The summed E-state index contributed by atoms with van der Waals surface area (Å²) in [6.07, 6.45) is -2.93. The van der Waals surface area contributed by atoms with Crippen molar-refractivity contribution < 1.29 is 26.4 Å². The second-order valence-electron chi connectivity index (χ2n) is 7.07. The average molecular weight is 437 g/mol. The van der Waals surface area contributed by atoms with Crippen molar-refractivity contribution in [1.29, 1.82) is 0 Å². The molecule has 1 aromatic rings. The van der Waals surface area contributed by atoms with E-state index in [1.54, 1.807) is 5.32 Å². The van der Waals surface area contributed by atoms with E-state index in [1.807, 2.05) is 0 Å². The Balaban J connectivity index is 1.75. The Morgan fingerprint density at radius 2 is 1.69 bits per heavy atom. The minimum absolute atomic E-state index is 0.0380. The van der Waals surface area contributed by atoms with Crippen LogP contribution in [0, 0.1) is 0 Å². The number of benzene rings is 1. The fraction of sp³-hybridized carbons (Fsp3) is 0.611. The molecular weight excluding hydrogens is 409 g/mol. The third-order valence-corrected chi connectivity index (χ3v) is 6.14. The molecule has 0 aliphatic carbocycles. The van der Waals surface area contributed by atoms with Crippen molar-refractivity contribution in [1.82, 2.24) is 19.8 Å². The summed E-state index contributed by atoms with van der Waals surface area (Å²) in [5, 5.41) is 1.74. The number of hydrogen-bond acceptors (Lipinski definition) is 5. The number of piperazine rings is 1. The minimum atomic E-state index is -4.51. The average Bonchev–Trinajstić information content (AvgIpc) is 2.67. The van der Waals surface area contributed by atoms with E-state index in [0.717, 1.165) is 39.1 Å². The molecule has 0 unspecified atom stereocenters. The van der Waals surface area contributed by atoms with Crippen molar-refractivity contribution in [2.45, 2.75) is 23.9 Å². The normalized spacial score (nSPS) is 16.7. The summed E-state index contributed by atoms with van der Waals surface area (Å²) in [6.45, 7) is 3.90. The van der Waals surface area contributed by atoms with Gasteiger partial charge in [-0.1, -0.05) is 0 Å². The van der Waals surface area contributed by atoms with Crippen LogP contribution < -0.4 is 10.0 Å². The van der Waals surface area contributed by atoms with Gasteiger partial charge in [0, 0.05) is 38.3 Å². The molecule has 1 saturated heterocycles. The van der Waals surface area contributed by atoms with Gasteiger partial charge in [0.25, 0.3) is 5.91 Å². The van der Waals surface area contributed by atoms with Gasteiger partial charge in [-0.2, -0.15) is 13.2 Å². The molecule has 1 aromatic carbocycles. The van der Waals surface area contributed by atoms with Gasteiger partial charge in [0.2, 0.25) is 10.0 Å². The molecule has 1 amide bonds. The third kappa shape index (κ3) is 8.29. The van der Waals surface area contributed by atoms with E-state index in [9.17, 15) is 26.4 Å². The van der Waals surface area contributed by atoms with Gasteiger partial charge in [-0.25, -0.2) is 13.1 Å². The molecule has 0 spiro atoms. The highest BCUT2D eigenvalue weighted by Crippen LogP contribution is 2.14. The number of carbonyl (C=O) groups excluding carboxylic acids is 1. The Morgan fingerprint density at radius 1 is 1.07 bits per heavy atom. The van der Waals surface area contributed by atoms with Crippen molar-refractivity contribution in [2.75, 3.05) is 52.9 Å². The number of unbranched alkanes of at least 4 members (excludes halogenated alkanes) is 1. The van der Waals surface area contributed by atoms with E-state index in [-0.39, 0.29) is 10.5 Å². The highest BCUT2D eigenvalue weighted by molar-refractivity contribution is 7.89. The summed E-state index contributed by atoms with van der Waals surface area (Å²) in [5.74, 6) is -0.914. The van der Waals surface area contributed by atoms with E-state index in [4.69, 9.17) is 0 Å². The number of nitrogens with one attached hydrogen (secondary N) is 2. The predicted octanol–water partition coefficient (Wildman–Crippen LogP) is 1.28. The zero-order valence-electron chi connectivity index (χ0n) is 16.3. The Labute approximate surface area is 169 Å². The van der Waals surface area contributed by atoms with Gasteiger partial charge >= 0.3 is 6.18 Å². The number of halogens is 3. The molecule has 1 heterocycles. The lowest BCUT2D eigenvalue weighted by Crippen LogP contribution is -2.44. The second kappa shape index (κ2) is 10.4. The first-order chi connectivity index (χ1) is 13.6. The Kier molecular flexibility index (Phi) is 8.44. The highest BCUT2D eigenvalue weighted by Gasteiger charge is 2.28. The fourth-order valence-electron chi connectivity index (χ4n) is 2.89. The van der Waals surface area contributed by atoms with Gasteiger partial charge in [-0.05, 0) is 50.7 Å². The van der Waals surface area contributed by atoms with E-state index in [2.05, 4.69) is 21.6 Å². The number of alkyl halides is 3. The monoisotopic (exact) mass is 436 g/mol. The summed E-state index contributed by atoms with van der Waals surface area (Å²) < 4.78 is 63.5. The smallest absolute Gasteiger partial charge is 0.343 e. The lowest BCUT2D eigenvalue weighted by atomic mass is 10.2. The van der Waals surface area contributed by atoms with Crippen LogP contribution in [-0.4, -0.2) is 83.2 Å². The van der Waals surface area contributed by atoms with Gasteiger partial charge in [0.15, 0.2) is 0 Å². The lowest BCUT2D eigenvalue weighted by Gasteiger charge is -2.32. The lowest BCUT2D eigenvalue weighted by molar-refractivity contribution is -0.123. The van der Waals surface area contributed by atoms with Gasteiger partial charge in [0.05, 0.1) is 4.90 Å². The molecule has 0 aromatic heterocycles. The number of likely N-dealkylation sites (N-methyl/N-ethyl adjacent to an activating group) is 1. The topological polar surface area (TPSA) is 81.8 Å². The molecule has 2 rings (SSSR count). The molecule has 0 saturated carbocycles. The second-order valence-corrected chi connectivity index (χ2v) is 8.84. The van der Waals surface area contributed by atoms with Crippen LogP contribution in [0.4, 0.5) is 13.2 Å². The number of nitrogens with zero attached hydrogens (tertiary/aromatic N) is 2. The summed E-state index contributed by atoms with van der Waals surface area (Å²) >= 11 is 0. The van der Waals surface area contributed by atoms with Gasteiger partial charge in [0.1, 0.15) is 6.54 Å². The van der Waals surface area contributed by atoms with Crippen LogP contribution in [0.1, 0.15) is 23.2 Å². The van der Waals surface area contributed by atoms with Crippen LogP contribution in [0.2, 0.25) is 0 Å². The molecular formula is C18H27F3N4O3S. The third-order valence-electron chi connectivity index (χ3n) is 4.67. The van der Waals surface area contributed by atoms with Crippen LogP contribution in [0.5, 0.6) is 0 Å². The van der Waals surface area contributed by atoms with Gasteiger partial charge < -0.3 is 15.1 Å². The molecule has 1 aliphatic heterocycles. The van der Waals surface area contributed by atoms with Crippen molar-refractivity contribution >= 4 is 15.9 Å². The van der Waals surface area contributed by atoms with E-state index >= 15 is 0 Å². The Morgan fingerprint density at radius 3 is 2.28 bits per heavy atom. The summed E-state index contributed by atoms with van der Waals surface area (Å²) in [7, 11) is -1.64. The number of rotatable bonds is 9. The van der Waals surface area contributed by atoms with Crippen LogP contribution in [-0.2, 0) is 10.0 Å². The maximum Gasteiger partial charge on any atom is 0.405 e. The SMILES string of the molecule is CN1CCN(CCCCNS(=O)(=O)c2ccc(C(=O)NCC(F)(F)F)cc2)CC1. The quantitative estimate of drug-likeness (QED) is 0.570. The van der Waals surface area contributed by atoms with Crippen LogP contribution in [0.3, 0.4) is 0 Å². The van der Waals surface area contributed by atoms with Crippen molar-refractivity contribution in [3.8, 4) is 0 Å². The van der Waals surface area contributed by atoms with Crippen LogP contribution in [0.25, 0.3) is 0 Å². The fourth-order valence-corrected chi connectivity index (χ4v) is 3.96. The summed E-state index contributed by atoms with van der Waals surface area (Å²) in [4.78, 5) is 16.3. The molecule has 1 aliphatic rings. The first kappa shape index (κ1) is 23.6.